The monoisotopic (exact) mass is 250 g/mol. The number of fused-ring (bicyclic) bond motifs is 1. The maximum atomic E-state index is 4.51. The number of rotatable bonds is 5. The van der Waals surface area contributed by atoms with Crippen molar-refractivity contribution in [2.45, 2.75) is 20.8 Å². The lowest BCUT2D eigenvalue weighted by atomic mass is 10.2. The van der Waals surface area contributed by atoms with Crippen LogP contribution in [0.25, 0.3) is 10.2 Å². The summed E-state index contributed by atoms with van der Waals surface area (Å²) in [4.78, 5) is 10.0. The molecular weight excluding hydrogens is 232 g/mol. The Balaban J connectivity index is 2.32. The van der Waals surface area contributed by atoms with E-state index in [1.165, 1.54) is 0 Å². The molecular formula is C12H18N4S. The van der Waals surface area contributed by atoms with Crippen LogP contribution in [0.3, 0.4) is 0 Å². The standard InChI is InChI=1S/C12H18N4S/c1-4-13-12-15-10(14-7-8(2)3)9-5-6-17-11(9)16-12/h5-6,8H,4,7H2,1-3H3,(H2,13,14,15,16). The number of hydrogen-bond donors (Lipinski definition) is 2. The molecule has 2 aromatic heterocycles. The fraction of sp³-hybridized carbons (Fsp3) is 0.500. The van der Waals surface area contributed by atoms with Crippen LogP contribution in [0.5, 0.6) is 0 Å². The molecule has 4 nitrogen and oxygen atoms in total. The average Bonchev–Trinajstić information content (AvgIpc) is 2.74. The normalized spacial score (nSPS) is 11.1. The van der Waals surface area contributed by atoms with E-state index in [1.54, 1.807) is 11.3 Å². The summed E-state index contributed by atoms with van der Waals surface area (Å²) in [5, 5.41) is 9.71. The highest BCUT2D eigenvalue weighted by Gasteiger charge is 2.08. The lowest BCUT2D eigenvalue weighted by molar-refractivity contribution is 0.687. The Labute approximate surface area is 105 Å². The molecule has 5 heteroatoms. The third-order valence-electron chi connectivity index (χ3n) is 2.34. The van der Waals surface area contributed by atoms with Crippen molar-refractivity contribution in [1.82, 2.24) is 9.97 Å². The van der Waals surface area contributed by atoms with Gasteiger partial charge >= 0.3 is 0 Å². The van der Waals surface area contributed by atoms with Crippen molar-refractivity contribution in [3.05, 3.63) is 11.4 Å². The highest BCUT2D eigenvalue weighted by atomic mass is 32.1. The molecule has 0 aliphatic heterocycles. The second-order valence-electron chi connectivity index (χ2n) is 4.34. The first-order valence-electron chi connectivity index (χ1n) is 5.93. The molecule has 17 heavy (non-hydrogen) atoms. The van der Waals surface area contributed by atoms with Gasteiger partial charge in [0.25, 0.3) is 0 Å². The second kappa shape index (κ2) is 5.31. The number of nitrogens with zero attached hydrogens (tertiary/aromatic N) is 2. The maximum absolute atomic E-state index is 4.51. The van der Waals surface area contributed by atoms with Crippen molar-refractivity contribution < 1.29 is 0 Å². The van der Waals surface area contributed by atoms with Crippen molar-refractivity contribution >= 4 is 33.3 Å². The molecule has 0 spiro atoms. The molecule has 92 valence electrons. The van der Waals surface area contributed by atoms with E-state index in [4.69, 9.17) is 0 Å². The number of nitrogens with one attached hydrogen (secondary N) is 2. The van der Waals surface area contributed by atoms with Crippen LogP contribution in [0.4, 0.5) is 11.8 Å². The predicted molar refractivity (Wildman–Crippen MR) is 74.9 cm³/mol. The van der Waals surface area contributed by atoms with Crippen LogP contribution < -0.4 is 10.6 Å². The van der Waals surface area contributed by atoms with E-state index >= 15 is 0 Å². The fourth-order valence-corrected chi connectivity index (χ4v) is 2.29. The molecule has 2 rings (SSSR count). The first-order valence-corrected chi connectivity index (χ1v) is 6.81. The third-order valence-corrected chi connectivity index (χ3v) is 3.14. The van der Waals surface area contributed by atoms with Crippen LogP contribution in [0, 0.1) is 5.92 Å². The Bertz CT molecular complexity index is 492. The molecule has 0 atom stereocenters. The van der Waals surface area contributed by atoms with E-state index in [0.29, 0.717) is 11.9 Å². The summed E-state index contributed by atoms with van der Waals surface area (Å²) in [5.41, 5.74) is 0. The van der Waals surface area contributed by atoms with Gasteiger partial charge in [0, 0.05) is 13.1 Å². The van der Waals surface area contributed by atoms with E-state index in [-0.39, 0.29) is 0 Å². The van der Waals surface area contributed by atoms with Crippen molar-refractivity contribution in [2.24, 2.45) is 5.92 Å². The molecule has 0 saturated heterocycles. The lowest BCUT2D eigenvalue weighted by Gasteiger charge is -2.10. The van der Waals surface area contributed by atoms with Crippen molar-refractivity contribution in [3.8, 4) is 0 Å². The zero-order valence-electron chi connectivity index (χ0n) is 10.4. The van der Waals surface area contributed by atoms with Crippen LogP contribution in [0.15, 0.2) is 11.4 Å². The summed E-state index contributed by atoms with van der Waals surface area (Å²) in [6, 6.07) is 2.07. The lowest BCUT2D eigenvalue weighted by Crippen LogP contribution is -2.11. The maximum Gasteiger partial charge on any atom is 0.226 e. The fourth-order valence-electron chi connectivity index (χ4n) is 1.53. The van der Waals surface area contributed by atoms with Gasteiger partial charge in [-0.05, 0) is 24.3 Å². The first-order chi connectivity index (χ1) is 8.20. The van der Waals surface area contributed by atoms with Gasteiger partial charge in [0.2, 0.25) is 5.95 Å². The Morgan fingerprint density at radius 2 is 2.12 bits per heavy atom. The number of aromatic nitrogens is 2. The van der Waals surface area contributed by atoms with Crippen LogP contribution in [-0.2, 0) is 0 Å². The van der Waals surface area contributed by atoms with Gasteiger partial charge < -0.3 is 10.6 Å². The van der Waals surface area contributed by atoms with Gasteiger partial charge in [-0.1, -0.05) is 13.8 Å². The Kier molecular flexibility index (Phi) is 3.78. The Hall–Kier alpha value is -1.36. The van der Waals surface area contributed by atoms with Crippen molar-refractivity contribution in [2.75, 3.05) is 23.7 Å². The van der Waals surface area contributed by atoms with Gasteiger partial charge in [0.05, 0.1) is 5.39 Å². The van der Waals surface area contributed by atoms with E-state index in [9.17, 15) is 0 Å². The minimum atomic E-state index is 0.598. The molecule has 2 heterocycles. The summed E-state index contributed by atoms with van der Waals surface area (Å²) in [6.07, 6.45) is 0. The molecule has 0 radical (unpaired) electrons. The highest BCUT2D eigenvalue weighted by Crippen LogP contribution is 2.26. The smallest absolute Gasteiger partial charge is 0.226 e. The molecule has 0 aliphatic carbocycles. The number of thiophene rings is 1. The van der Waals surface area contributed by atoms with Gasteiger partial charge in [-0.3, -0.25) is 0 Å². The zero-order chi connectivity index (χ0) is 12.3. The number of anilines is 2. The zero-order valence-corrected chi connectivity index (χ0v) is 11.3. The van der Waals surface area contributed by atoms with E-state index < -0.39 is 0 Å². The Morgan fingerprint density at radius 3 is 2.82 bits per heavy atom. The summed E-state index contributed by atoms with van der Waals surface area (Å²) < 4.78 is 0. The van der Waals surface area contributed by atoms with Crippen LogP contribution >= 0.6 is 11.3 Å². The largest absolute Gasteiger partial charge is 0.369 e. The molecule has 0 bridgehead atoms. The van der Waals surface area contributed by atoms with E-state index in [0.717, 1.165) is 29.1 Å². The Morgan fingerprint density at radius 1 is 1.29 bits per heavy atom. The molecule has 0 aromatic carbocycles. The molecule has 2 aromatic rings. The molecule has 0 unspecified atom stereocenters. The highest BCUT2D eigenvalue weighted by molar-refractivity contribution is 7.16. The first kappa shape index (κ1) is 12.1. The summed E-state index contributed by atoms with van der Waals surface area (Å²) in [6.45, 7) is 8.17. The molecule has 0 aliphatic rings. The van der Waals surface area contributed by atoms with Gasteiger partial charge in [0.15, 0.2) is 0 Å². The van der Waals surface area contributed by atoms with E-state index in [1.807, 2.05) is 6.92 Å². The minimum absolute atomic E-state index is 0.598. The van der Waals surface area contributed by atoms with Gasteiger partial charge in [-0.15, -0.1) is 11.3 Å². The third kappa shape index (κ3) is 2.85. The minimum Gasteiger partial charge on any atom is -0.369 e. The molecule has 0 fully saturated rings. The quantitative estimate of drug-likeness (QED) is 0.855. The molecule has 2 N–H and O–H groups in total. The van der Waals surface area contributed by atoms with Gasteiger partial charge in [0.1, 0.15) is 10.6 Å². The summed E-state index contributed by atoms with van der Waals surface area (Å²) >= 11 is 1.64. The topological polar surface area (TPSA) is 49.8 Å². The second-order valence-corrected chi connectivity index (χ2v) is 5.23. The van der Waals surface area contributed by atoms with Crippen molar-refractivity contribution in [3.63, 3.8) is 0 Å². The summed E-state index contributed by atoms with van der Waals surface area (Å²) in [7, 11) is 0. The average molecular weight is 250 g/mol. The summed E-state index contributed by atoms with van der Waals surface area (Å²) in [5.74, 6) is 2.23. The van der Waals surface area contributed by atoms with Gasteiger partial charge in [-0.2, -0.15) is 4.98 Å². The predicted octanol–water partition coefficient (Wildman–Crippen LogP) is 3.19. The SMILES string of the molecule is CCNc1nc(NCC(C)C)c2ccsc2n1. The molecule has 0 saturated carbocycles. The van der Waals surface area contributed by atoms with Crippen molar-refractivity contribution in [1.29, 1.82) is 0 Å². The van der Waals surface area contributed by atoms with E-state index in [2.05, 4.69) is 45.9 Å². The van der Waals surface area contributed by atoms with Crippen LogP contribution in [0.2, 0.25) is 0 Å². The van der Waals surface area contributed by atoms with Crippen LogP contribution in [-0.4, -0.2) is 23.1 Å². The number of hydrogen-bond acceptors (Lipinski definition) is 5. The van der Waals surface area contributed by atoms with Gasteiger partial charge in [-0.25, -0.2) is 4.98 Å². The van der Waals surface area contributed by atoms with Crippen LogP contribution in [0.1, 0.15) is 20.8 Å². The molecule has 0 amide bonds.